The Hall–Kier alpha value is -1.06. The second-order valence-electron chi connectivity index (χ2n) is 6.09. The number of hydrogen-bond acceptors (Lipinski definition) is 2. The highest BCUT2D eigenvalue weighted by atomic mass is 16.2. The minimum atomic E-state index is -0.727. The van der Waals surface area contributed by atoms with Crippen LogP contribution in [0.1, 0.15) is 60.3 Å². The fourth-order valence-corrected chi connectivity index (χ4v) is 2.48. The van der Waals surface area contributed by atoms with E-state index in [0.29, 0.717) is 6.54 Å². The number of carbonyl (C=O) groups excluding carboxylic acids is 2. The Morgan fingerprint density at radius 3 is 2.42 bits per heavy atom. The molecule has 4 nitrogen and oxygen atoms in total. The van der Waals surface area contributed by atoms with Crippen LogP contribution in [0, 0.1) is 5.92 Å². The van der Waals surface area contributed by atoms with E-state index in [2.05, 4.69) is 12.2 Å². The molecule has 19 heavy (non-hydrogen) atoms. The number of unbranched alkanes of at least 4 members (excludes halogenated alkanes) is 2. The van der Waals surface area contributed by atoms with Crippen LogP contribution < -0.4 is 5.32 Å². The smallest absolute Gasteiger partial charge is 0.246 e. The summed E-state index contributed by atoms with van der Waals surface area (Å²) in [7, 11) is 0. The van der Waals surface area contributed by atoms with Crippen LogP contribution in [0.4, 0.5) is 0 Å². The molecule has 1 N–H and O–H groups in total. The summed E-state index contributed by atoms with van der Waals surface area (Å²) in [5.41, 5.74) is -0.727. The molecule has 0 spiro atoms. The van der Waals surface area contributed by atoms with Gasteiger partial charge in [-0.1, -0.05) is 40.0 Å². The minimum Gasteiger partial charge on any atom is -0.342 e. The van der Waals surface area contributed by atoms with E-state index >= 15 is 0 Å². The third kappa shape index (κ3) is 3.28. The van der Waals surface area contributed by atoms with Gasteiger partial charge in [0, 0.05) is 6.54 Å². The van der Waals surface area contributed by atoms with Crippen LogP contribution in [-0.4, -0.2) is 34.8 Å². The van der Waals surface area contributed by atoms with Gasteiger partial charge < -0.3 is 10.2 Å². The van der Waals surface area contributed by atoms with Crippen molar-refractivity contribution in [3.63, 3.8) is 0 Å². The molecule has 2 amide bonds. The van der Waals surface area contributed by atoms with Crippen molar-refractivity contribution in [1.82, 2.24) is 10.2 Å². The monoisotopic (exact) mass is 268 g/mol. The van der Waals surface area contributed by atoms with Gasteiger partial charge in [0.15, 0.2) is 0 Å². The van der Waals surface area contributed by atoms with Crippen LogP contribution in [0.3, 0.4) is 0 Å². The summed E-state index contributed by atoms with van der Waals surface area (Å²) < 4.78 is 0. The molecule has 2 unspecified atom stereocenters. The van der Waals surface area contributed by atoms with Crippen molar-refractivity contribution in [3.05, 3.63) is 0 Å². The van der Waals surface area contributed by atoms with Crippen molar-refractivity contribution < 1.29 is 9.59 Å². The predicted octanol–water partition coefficient (Wildman–Crippen LogP) is 2.33. The average molecular weight is 268 g/mol. The molecule has 4 heteroatoms. The van der Waals surface area contributed by atoms with E-state index in [0.717, 1.165) is 25.7 Å². The van der Waals surface area contributed by atoms with Crippen LogP contribution >= 0.6 is 0 Å². The first-order valence-corrected chi connectivity index (χ1v) is 7.48. The number of nitrogens with one attached hydrogen (secondary N) is 1. The first-order valence-electron chi connectivity index (χ1n) is 7.48. The van der Waals surface area contributed by atoms with Gasteiger partial charge in [-0.25, -0.2) is 0 Å². The van der Waals surface area contributed by atoms with Crippen molar-refractivity contribution in [2.45, 2.75) is 71.9 Å². The number of carbonyl (C=O) groups is 2. The highest BCUT2D eigenvalue weighted by Crippen LogP contribution is 2.25. The zero-order chi connectivity index (χ0) is 14.6. The highest BCUT2D eigenvalue weighted by molar-refractivity contribution is 5.99. The number of nitrogens with zero attached hydrogens (tertiary/aromatic N) is 1. The van der Waals surface area contributed by atoms with E-state index in [1.54, 1.807) is 4.90 Å². The SMILES string of the molecule is CCCCCN1C(=O)C(C(C)CC)NC(=O)C1(C)C. The number of piperazine rings is 1. The van der Waals surface area contributed by atoms with Crippen LogP contribution in [0.15, 0.2) is 0 Å². The lowest BCUT2D eigenvalue weighted by atomic mass is 9.89. The van der Waals surface area contributed by atoms with Crippen LogP contribution in [0.25, 0.3) is 0 Å². The lowest BCUT2D eigenvalue weighted by Gasteiger charge is -2.45. The third-order valence-electron chi connectivity index (χ3n) is 4.25. The molecule has 0 bridgehead atoms. The molecule has 1 aliphatic rings. The van der Waals surface area contributed by atoms with Crippen molar-refractivity contribution >= 4 is 11.8 Å². The largest absolute Gasteiger partial charge is 0.342 e. The molecule has 0 aliphatic carbocycles. The Balaban J connectivity index is 2.87. The molecule has 1 saturated heterocycles. The Labute approximate surface area is 116 Å². The topological polar surface area (TPSA) is 49.4 Å². The summed E-state index contributed by atoms with van der Waals surface area (Å²) >= 11 is 0. The van der Waals surface area contributed by atoms with Gasteiger partial charge in [-0.3, -0.25) is 9.59 Å². The number of amides is 2. The third-order valence-corrected chi connectivity index (χ3v) is 4.25. The lowest BCUT2D eigenvalue weighted by Crippen LogP contribution is -2.69. The van der Waals surface area contributed by atoms with E-state index in [-0.39, 0.29) is 23.8 Å². The Morgan fingerprint density at radius 1 is 1.26 bits per heavy atom. The second-order valence-corrected chi connectivity index (χ2v) is 6.09. The zero-order valence-electron chi connectivity index (χ0n) is 13.0. The lowest BCUT2D eigenvalue weighted by molar-refractivity contribution is -0.156. The highest BCUT2D eigenvalue weighted by Gasteiger charge is 2.46. The Bertz CT molecular complexity index is 339. The standard InChI is InChI=1S/C15H28N2O2/c1-6-8-9-10-17-13(18)12(11(3)7-2)16-14(19)15(17,4)5/h11-12H,6-10H2,1-5H3,(H,16,19). The van der Waals surface area contributed by atoms with E-state index < -0.39 is 5.54 Å². The summed E-state index contributed by atoms with van der Waals surface area (Å²) in [6.45, 7) is 10.5. The van der Waals surface area contributed by atoms with Crippen molar-refractivity contribution in [2.24, 2.45) is 5.92 Å². The van der Waals surface area contributed by atoms with Gasteiger partial charge in [-0.05, 0) is 26.2 Å². The molecule has 0 aromatic carbocycles. The van der Waals surface area contributed by atoms with Gasteiger partial charge in [0.1, 0.15) is 11.6 Å². The molecule has 1 rings (SSSR count). The quantitative estimate of drug-likeness (QED) is 0.752. The van der Waals surface area contributed by atoms with Gasteiger partial charge >= 0.3 is 0 Å². The van der Waals surface area contributed by atoms with Gasteiger partial charge in [0.2, 0.25) is 11.8 Å². The summed E-state index contributed by atoms with van der Waals surface area (Å²) in [4.78, 5) is 26.6. The average Bonchev–Trinajstić information content (AvgIpc) is 2.37. The van der Waals surface area contributed by atoms with Gasteiger partial charge in [-0.15, -0.1) is 0 Å². The summed E-state index contributed by atoms with van der Waals surface area (Å²) in [6.07, 6.45) is 4.06. The van der Waals surface area contributed by atoms with Crippen molar-refractivity contribution in [3.8, 4) is 0 Å². The molecule has 2 atom stereocenters. The molecule has 1 aliphatic heterocycles. The molecular formula is C15H28N2O2. The zero-order valence-corrected chi connectivity index (χ0v) is 13.0. The van der Waals surface area contributed by atoms with Gasteiger partial charge in [-0.2, -0.15) is 0 Å². The fourth-order valence-electron chi connectivity index (χ4n) is 2.48. The van der Waals surface area contributed by atoms with E-state index in [9.17, 15) is 9.59 Å². The summed E-state index contributed by atoms with van der Waals surface area (Å²) in [5.74, 6) is 0.227. The van der Waals surface area contributed by atoms with Crippen LogP contribution in [-0.2, 0) is 9.59 Å². The summed E-state index contributed by atoms with van der Waals surface area (Å²) in [6, 6.07) is -0.354. The number of rotatable bonds is 6. The first-order chi connectivity index (χ1) is 8.86. The molecule has 1 heterocycles. The maximum absolute atomic E-state index is 12.6. The predicted molar refractivity (Wildman–Crippen MR) is 76.7 cm³/mol. The molecule has 0 saturated carbocycles. The maximum atomic E-state index is 12.6. The summed E-state index contributed by atoms with van der Waals surface area (Å²) in [5, 5.41) is 2.90. The molecule has 0 aromatic heterocycles. The molecule has 1 fully saturated rings. The Kier molecular flexibility index (Phi) is 5.39. The molecular weight excluding hydrogens is 240 g/mol. The van der Waals surface area contributed by atoms with Gasteiger partial charge in [0.25, 0.3) is 0 Å². The number of hydrogen-bond donors (Lipinski definition) is 1. The van der Waals surface area contributed by atoms with Crippen molar-refractivity contribution in [2.75, 3.05) is 6.54 Å². The molecule has 0 radical (unpaired) electrons. The van der Waals surface area contributed by atoms with Gasteiger partial charge in [0.05, 0.1) is 0 Å². The normalized spacial score (nSPS) is 24.3. The second kappa shape index (κ2) is 6.40. The first kappa shape index (κ1) is 16.0. The van der Waals surface area contributed by atoms with Crippen LogP contribution in [0.2, 0.25) is 0 Å². The van der Waals surface area contributed by atoms with Crippen molar-refractivity contribution in [1.29, 1.82) is 0 Å². The Morgan fingerprint density at radius 2 is 1.89 bits per heavy atom. The van der Waals surface area contributed by atoms with Crippen LogP contribution in [0.5, 0.6) is 0 Å². The van der Waals surface area contributed by atoms with E-state index in [1.165, 1.54) is 0 Å². The van der Waals surface area contributed by atoms with E-state index in [4.69, 9.17) is 0 Å². The molecule has 0 aromatic rings. The molecule has 110 valence electrons. The minimum absolute atomic E-state index is 0.0334. The fraction of sp³-hybridized carbons (Fsp3) is 0.867. The maximum Gasteiger partial charge on any atom is 0.246 e. The van der Waals surface area contributed by atoms with E-state index in [1.807, 2.05) is 27.7 Å².